The molecule has 0 saturated carbocycles. The Labute approximate surface area is 148 Å². The molecule has 0 bridgehead atoms. The van der Waals surface area contributed by atoms with Gasteiger partial charge in [0.2, 0.25) is 0 Å². The summed E-state index contributed by atoms with van der Waals surface area (Å²) in [4.78, 5) is 16.1. The predicted molar refractivity (Wildman–Crippen MR) is 90.4 cm³/mol. The largest absolute Gasteiger partial charge is 0.493 e. The molecule has 2 rings (SSSR count). The van der Waals surface area contributed by atoms with E-state index in [4.69, 9.17) is 14.7 Å². The van der Waals surface area contributed by atoms with Gasteiger partial charge < -0.3 is 9.47 Å². The molecule has 0 amide bonds. The second-order valence-corrected chi connectivity index (χ2v) is 5.98. The summed E-state index contributed by atoms with van der Waals surface area (Å²) in [5, 5.41) is 13.5. The molecule has 0 N–H and O–H groups in total. The van der Waals surface area contributed by atoms with Crippen molar-refractivity contribution in [3.63, 3.8) is 0 Å². The molecule has 2 aromatic heterocycles. The van der Waals surface area contributed by atoms with Crippen LogP contribution in [0.5, 0.6) is 5.75 Å². The highest BCUT2D eigenvalue weighted by Crippen LogP contribution is 2.33. The summed E-state index contributed by atoms with van der Waals surface area (Å²) in [5.74, 6) is -0.0154. The van der Waals surface area contributed by atoms with Crippen LogP contribution >= 0.6 is 15.9 Å². The molecule has 24 heavy (non-hydrogen) atoms. The van der Waals surface area contributed by atoms with Crippen molar-refractivity contribution < 1.29 is 14.3 Å². The number of halogens is 1. The Hall–Kier alpha value is -2.40. The van der Waals surface area contributed by atoms with Crippen molar-refractivity contribution in [2.75, 3.05) is 13.7 Å². The van der Waals surface area contributed by atoms with Gasteiger partial charge in [-0.1, -0.05) is 13.8 Å². The molecule has 0 spiro atoms. The monoisotopic (exact) mass is 392 g/mol. The minimum absolute atomic E-state index is 0.0541. The Bertz CT molecular complexity index is 808. The van der Waals surface area contributed by atoms with E-state index in [2.05, 4.69) is 26.0 Å². The van der Waals surface area contributed by atoms with Crippen LogP contribution in [0.25, 0.3) is 5.69 Å². The minimum Gasteiger partial charge on any atom is -0.493 e. The van der Waals surface area contributed by atoms with Gasteiger partial charge >= 0.3 is 5.97 Å². The number of pyridine rings is 1. The number of nitriles is 1. The summed E-state index contributed by atoms with van der Waals surface area (Å²) in [6.07, 6.45) is 1.46. The lowest BCUT2D eigenvalue weighted by Crippen LogP contribution is -2.09. The Morgan fingerprint density at radius 2 is 2.21 bits per heavy atom. The van der Waals surface area contributed by atoms with Gasteiger partial charge in [0.25, 0.3) is 0 Å². The topological polar surface area (TPSA) is 90.0 Å². The Balaban J connectivity index is 2.73. The van der Waals surface area contributed by atoms with Crippen molar-refractivity contribution in [1.29, 1.82) is 5.26 Å². The third kappa shape index (κ3) is 3.26. The standard InChI is InChI=1S/C16H17BrN4O3/c1-5-24-16(22)14-13(17)15(9(2)3)21(20-14)11-6-10(7-18)19-8-12(11)23-4/h6,8-9H,5H2,1-4H3. The Morgan fingerprint density at radius 3 is 2.75 bits per heavy atom. The quantitative estimate of drug-likeness (QED) is 0.725. The fourth-order valence-electron chi connectivity index (χ4n) is 2.24. The van der Waals surface area contributed by atoms with E-state index in [-0.39, 0.29) is 23.9 Å². The van der Waals surface area contributed by atoms with E-state index in [9.17, 15) is 4.79 Å². The number of hydrogen-bond acceptors (Lipinski definition) is 6. The van der Waals surface area contributed by atoms with Gasteiger partial charge in [0, 0.05) is 6.07 Å². The first-order chi connectivity index (χ1) is 11.4. The van der Waals surface area contributed by atoms with Gasteiger partial charge in [-0.25, -0.2) is 14.5 Å². The normalized spacial score (nSPS) is 10.5. The molecule has 0 atom stereocenters. The smallest absolute Gasteiger partial charge is 0.360 e. The van der Waals surface area contributed by atoms with Crippen molar-refractivity contribution >= 4 is 21.9 Å². The molecule has 126 valence electrons. The number of rotatable bonds is 5. The summed E-state index contributed by atoms with van der Waals surface area (Å²) >= 11 is 3.45. The van der Waals surface area contributed by atoms with Crippen LogP contribution in [-0.4, -0.2) is 34.5 Å². The van der Waals surface area contributed by atoms with Crippen molar-refractivity contribution in [3.05, 3.63) is 33.8 Å². The van der Waals surface area contributed by atoms with E-state index in [0.29, 0.717) is 15.9 Å². The highest BCUT2D eigenvalue weighted by Gasteiger charge is 2.26. The maximum Gasteiger partial charge on any atom is 0.360 e. The molecule has 8 heteroatoms. The first-order valence-corrected chi connectivity index (χ1v) is 8.13. The van der Waals surface area contributed by atoms with Gasteiger partial charge in [0.05, 0.1) is 30.1 Å². The van der Waals surface area contributed by atoms with E-state index in [1.54, 1.807) is 17.7 Å². The molecule has 0 aliphatic heterocycles. The Kier molecular flexibility index (Phi) is 5.57. The summed E-state index contributed by atoms with van der Waals surface area (Å²) in [6.45, 7) is 5.95. The first kappa shape index (κ1) is 17.9. The SMILES string of the molecule is CCOC(=O)c1nn(-c2cc(C#N)ncc2OC)c(C(C)C)c1Br. The molecule has 2 aromatic rings. The summed E-state index contributed by atoms with van der Waals surface area (Å²) in [6, 6.07) is 3.56. The van der Waals surface area contributed by atoms with E-state index >= 15 is 0 Å². The van der Waals surface area contributed by atoms with Gasteiger partial charge in [-0.3, -0.25) is 0 Å². The van der Waals surface area contributed by atoms with Crippen molar-refractivity contribution in [2.24, 2.45) is 0 Å². The molecule has 0 radical (unpaired) electrons. The van der Waals surface area contributed by atoms with Crippen LogP contribution in [0.1, 0.15) is 48.6 Å². The van der Waals surface area contributed by atoms with Crippen molar-refractivity contribution in [1.82, 2.24) is 14.8 Å². The second-order valence-electron chi connectivity index (χ2n) is 5.19. The summed E-state index contributed by atoms with van der Waals surface area (Å²) in [7, 11) is 1.51. The average Bonchev–Trinajstić information content (AvgIpc) is 2.91. The molecule has 0 aliphatic carbocycles. The molecule has 0 unspecified atom stereocenters. The minimum atomic E-state index is -0.515. The van der Waals surface area contributed by atoms with E-state index in [1.165, 1.54) is 13.3 Å². The van der Waals surface area contributed by atoms with Gasteiger partial charge in [-0.15, -0.1) is 0 Å². The lowest BCUT2D eigenvalue weighted by molar-refractivity contribution is 0.0518. The Morgan fingerprint density at radius 1 is 1.50 bits per heavy atom. The summed E-state index contributed by atoms with van der Waals surface area (Å²) in [5.41, 5.74) is 1.71. The van der Waals surface area contributed by atoms with Gasteiger partial charge in [0.15, 0.2) is 11.4 Å². The number of nitrogens with zero attached hydrogens (tertiary/aromatic N) is 4. The maximum absolute atomic E-state index is 12.1. The van der Waals surface area contributed by atoms with Crippen LogP contribution in [0.3, 0.4) is 0 Å². The molecular formula is C16H17BrN4O3. The molecule has 2 heterocycles. The van der Waals surface area contributed by atoms with Crippen molar-refractivity contribution in [3.8, 4) is 17.5 Å². The van der Waals surface area contributed by atoms with Crippen LogP contribution < -0.4 is 4.74 Å². The third-order valence-electron chi connectivity index (χ3n) is 3.29. The van der Waals surface area contributed by atoms with Crippen LogP contribution in [0, 0.1) is 11.3 Å². The number of esters is 1. The lowest BCUT2D eigenvalue weighted by atomic mass is 10.1. The second kappa shape index (κ2) is 7.45. The highest BCUT2D eigenvalue weighted by molar-refractivity contribution is 9.10. The highest BCUT2D eigenvalue weighted by atomic mass is 79.9. The summed E-state index contributed by atoms with van der Waals surface area (Å²) < 4.78 is 12.5. The number of carbonyl (C=O) groups is 1. The third-order valence-corrected chi connectivity index (χ3v) is 4.07. The maximum atomic E-state index is 12.1. The van der Waals surface area contributed by atoms with Gasteiger partial charge in [-0.05, 0) is 28.8 Å². The van der Waals surface area contributed by atoms with Crippen LogP contribution in [0.2, 0.25) is 0 Å². The number of hydrogen-bond donors (Lipinski definition) is 0. The number of carbonyl (C=O) groups excluding carboxylic acids is 1. The molecule has 0 fully saturated rings. The lowest BCUT2D eigenvalue weighted by Gasteiger charge is -2.13. The average molecular weight is 393 g/mol. The van der Waals surface area contributed by atoms with Gasteiger partial charge in [-0.2, -0.15) is 10.4 Å². The fraction of sp³-hybridized carbons (Fsp3) is 0.375. The zero-order valence-corrected chi connectivity index (χ0v) is 15.4. The van der Waals surface area contributed by atoms with Crippen LogP contribution in [0.4, 0.5) is 0 Å². The molecular weight excluding hydrogens is 376 g/mol. The van der Waals surface area contributed by atoms with Crippen LogP contribution in [0.15, 0.2) is 16.7 Å². The zero-order valence-electron chi connectivity index (χ0n) is 13.8. The van der Waals surface area contributed by atoms with Crippen LogP contribution in [-0.2, 0) is 4.74 Å². The first-order valence-electron chi connectivity index (χ1n) is 7.34. The fourth-order valence-corrected chi connectivity index (χ4v) is 3.11. The zero-order chi connectivity index (χ0) is 17.9. The molecule has 0 aromatic carbocycles. The number of methoxy groups -OCH3 is 1. The number of ether oxygens (including phenoxy) is 2. The van der Waals surface area contributed by atoms with Gasteiger partial charge in [0.1, 0.15) is 17.5 Å². The number of aromatic nitrogens is 3. The van der Waals surface area contributed by atoms with E-state index in [0.717, 1.165) is 5.69 Å². The molecule has 0 saturated heterocycles. The molecule has 0 aliphatic rings. The molecule has 7 nitrogen and oxygen atoms in total. The van der Waals surface area contributed by atoms with Crippen molar-refractivity contribution in [2.45, 2.75) is 26.7 Å². The van der Waals surface area contributed by atoms with E-state index in [1.807, 2.05) is 19.9 Å². The van der Waals surface area contributed by atoms with E-state index < -0.39 is 5.97 Å². The predicted octanol–water partition coefficient (Wildman–Crippen LogP) is 3.21.